The lowest BCUT2D eigenvalue weighted by Gasteiger charge is -2.27. The predicted octanol–water partition coefficient (Wildman–Crippen LogP) is 3.41. The highest BCUT2D eigenvalue weighted by Gasteiger charge is 2.25. The molecule has 0 bridgehead atoms. The number of hydrogen-bond donors (Lipinski definition) is 0. The first-order valence-corrected chi connectivity index (χ1v) is 5.66. The normalized spacial score (nSPS) is 22.5. The van der Waals surface area contributed by atoms with Gasteiger partial charge in [0.1, 0.15) is 0 Å². The Labute approximate surface area is 85.9 Å². The van der Waals surface area contributed by atoms with E-state index in [1.807, 2.05) is 0 Å². The van der Waals surface area contributed by atoms with Crippen LogP contribution in [0.1, 0.15) is 46.0 Å². The molecule has 0 radical (unpaired) electrons. The molecule has 0 amide bonds. The summed E-state index contributed by atoms with van der Waals surface area (Å²) >= 11 is 0. The van der Waals surface area contributed by atoms with Crippen molar-refractivity contribution in [2.45, 2.75) is 46.0 Å². The van der Waals surface area contributed by atoms with Gasteiger partial charge in [-0.25, -0.2) is 0 Å². The first kappa shape index (κ1) is 9.70. The largest absolute Gasteiger partial charge is 0.294 e. The summed E-state index contributed by atoms with van der Waals surface area (Å²) in [5.41, 5.74) is 3.99. The number of allylic oxidation sites excluding steroid dienone is 4. The molecule has 1 heteroatoms. The molecule has 0 aliphatic heterocycles. The summed E-state index contributed by atoms with van der Waals surface area (Å²) in [4.78, 5) is 11.7. The molecule has 0 saturated carbocycles. The maximum Gasteiger partial charge on any atom is 0.162 e. The van der Waals surface area contributed by atoms with Crippen LogP contribution in [-0.4, -0.2) is 5.78 Å². The molecule has 0 aromatic carbocycles. The lowest BCUT2D eigenvalue weighted by molar-refractivity contribution is -0.115. The zero-order chi connectivity index (χ0) is 10.1. The summed E-state index contributed by atoms with van der Waals surface area (Å²) in [7, 11) is 0. The minimum absolute atomic E-state index is 0.379. The van der Waals surface area contributed by atoms with E-state index in [0.717, 1.165) is 18.4 Å². The Balaban J connectivity index is 2.38. The van der Waals surface area contributed by atoms with Gasteiger partial charge < -0.3 is 0 Å². The quantitative estimate of drug-likeness (QED) is 0.619. The Bertz CT molecular complexity index is 318. The molecule has 2 aliphatic rings. The van der Waals surface area contributed by atoms with E-state index in [-0.39, 0.29) is 0 Å². The standard InChI is InChI=1S/C13H18O/c1-9(2)10-7-8-13(14)12-6-4-3-5-11(10)12/h7,9H,3-6,8H2,1-2H3. The van der Waals surface area contributed by atoms with Gasteiger partial charge in [-0.05, 0) is 48.3 Å². The monoisotopic (exact) mass is 190 g/mol. The smallest absolute Gasteiger partial charge is 0.162 e. The second-order valence-electron chi connectivity index (χ2n) is 4.61. The number of carbonyl (C=O) groups excluding carboxylic acids is 1. The van der Waals surface area contributed by atoms with Gasteiger partial charge in [0.2, 0.25) is 0 Å². The molecule has 0 fully saturated rings. The van der Waals surface area contributed by atoms with Crippen molar-refractivity contribution in [2.24, 2.45) is 5.92 Å². The minimum Gasteiger partial charge on any atom is -0.294 e. The first-order chi connectivity index (χ1) is 6.70. The zero-order valence-corrected chi connectivity index (χ0v) is 9.10. The van der Waals surface area contributed by atoms with Crippen molar-refractivity contribution >= 4 is 5.78 Å². The maximum absolute atomic E-state index is 11.7. The molecule has 14 heavy (non-hydrogen) atoms. The Morgan fingerprint density at radius 2 is 1.79 bits per heavy atom. The predicted molar refractivity (Wildman–Crippen MR) is 58.0 cm³/mol. The molecule has 0 N–H and O–H groups in total. The third-order valence-corrected chi connectivity index (χ3v) is 3.28. The van der Waals surface area contributed by atoms with E-state index in [1.165, 1.54) is 24.0 Å². The third-order valence-electron chi connectivity index (χ3n) is 3.28. The summed E-state index contributed by atoms with van der Waals surface area (Å²) in [6.07, 6.45) is 7.42. The van der Waals surface area contributed by atoms with Gasteiger partial charge in [-0.3, -0.25) is 4.79 Å². The van der Waals surface area contributed by atoms with Gasteiger partial charge in [0, 0.05) is 6.42 Å². The van der Waals surface area contributed by atoms with E-state index >= 15 is 0 Å². The van der Waals surface area contributed by atoms with Crippen LogP contribution in [0.5, 0.6) is 0 Å². The molecule has 0 saturated heterocycles. The van der Waals surface area contributed by atoms with Crippen LogP contribution in [0.15, 0.2) is 22.8 Å². The molecule has 0 heterocycles. The number of carbonyl (C=O) groups is 1. The average molecular weight is 190 g/mol. The molecule has 0 aromatic rings. The van der Waals surface area contributed by atoms with Crippen LogP contribution >= 0.6 is 0 Å². The van der Waals surface area contributed by atoms with Crippen LogP contribution in [0.25, 0.3) is 0 Å². The van der Waals surface area contributed by atoms with E-state index in [4.69, 9.17) is 0 Å². The van der Waals surface area contributed by atoms with Crippen LogP contribution < -0.4 is 0 Å². The van der Waals surface area contributed by atoms with E-state index in [0.29, 0.717) is 18.1 Å². The van der Waals surface area contributed by atoms with E-state index in [1.54, 1.807) is 0 Å². The molecule has 0 atom stereocenters. The van der Waals surface area contributed by atoms with Gasteiger partial charge in [0.15, 0.2) is 5.78 Å². The van der Waals surface area contributed by atoms with Crippen molar-refractivity contribution in [2.75, 3.05) is 0 Å². The van der Waals surface area contributed by atoms with E-state index in [2.05, 4.69) is 19.9 Å². The first-order valence-electron chi connectivity index (χ1n) is 5.66. The Morgan fingerprint density at radius 1 is 1.14 bits per heavy atom. The van der Waals surface area contributed by atoms with Gasteiger partial charge in [-0.2, -0.15) is 0 Å². The second kappa shape index (κ2) is 3.72. The van der Waals surface area contributed by atoms with Crippen molar-refractivity contribution < 1.29 is 4.79 Å². The molecular formula is C13H18O. The zero-order valence-electron chi connectivity index (χ0n) is 9.10. The second-order valence-corrected chi connectivity index (χ2v) is 4.61. The summed E-state index contributed by atoms with van der Waals surface area (Å²) in [5, 5.41) is 0. The summed E-state index contributed by atoms with van der Waals surface area (Å²) in [5.74, 6) is 0.954. The molecule has 0 spiro atoms. The topological polar surface area (TPSA) is 17.1 Å². The fourth-order valence-corrected chi connectivity index (χ4v) is 2.56. The molecule has 1 nitrogen and oxygen atoms in total. The number of Topliss-reactive ketones (excluding diaryl/α,β-unsaturated/α-hetero) is 1. The summed E-state index contributed by atoms with van der Waals surface area (Å²) < 4.78 is 0. The van der Waals surface area contributed by atoms with Crippen LogP contribution in [-0.2, 0) is 4.79 Å². The molecule has 0 aromatic heterocycles. The van der Waals surface area contributed by atoms with Gasteiger partial charge in [-0.1, -0.05) is 19.9 Å². The number of ketones is 1. The fraction of sp³-hybridized carbons (Fsp3) is 0.615. The lowest BCUT2D eigenvalue weighted by Crippen LogP contribution is -2.17. The van der Waals surface area contributed by atoms with Gasteiger partial charge in [-0.15, -0.1) is 0 Å². The van der Waals surface area contributed by atoms with Gasteiger partial charge in [0.05, 0.1) is 0 Å². The van der Waals surface area contributed by atoms with Crippen molar-refractivity contribution in [1.29, 1.82) is 0 Å². The third kappa shape index (κ3) is 1.56. The van der Waals surface area contributed by atoms with E-state index in [9.17, 15) is 4.79 Å². The maximum atomic E-state index is 11.7. The van der Waals surface area contributed by atoms with E-state index < -0.39 is 0 Å². The van der Waals surface area contributed by atoms with Crippen LogP contribution in [0.3, 0.4) is 0 Å². The molecule has 0 unspecified atom stereocenters. The summed E-state index contributed by atoms with van der Waals surface area (Å²) in [6.45, 7) is 4.45. The highest BCUT2D eigenvalue weighted by Crippen LogP contribution is 2.37. The highest BCUT2D eigenvalue weighted by molar-refractivity contribution is 5.99. The minimum atomic E-state index is 0.379. The molecule has 2 rings (SSSR count). The SMILES string of the molecule is CC(C)C1=CCC(=O)C2=C1CCCC2. The lowest BCUT2D eigenvalue weighted by atomic mass is 9.77. The number of hydrogen-bond acceptors (Lipinski definition) is 1. The van der Waals surface area contributed by atoms with Gasteiger partial charge in [0.25, 0.3) is 0 Å². The molecule has 2 aliphatic carbocycles. The molecule has 76 valence electrons. The Hall–Kier alpha value is -0.850. The highest BCUT2D eigenvalue weighted by atomic mass is 16.1. The van der Waals surface area contributed by atoms with Crippen LogP contribution in [0.2, 0.25) is 0 Å². The van der Waals surface area contributed by atoms with Crippen molar-refractivity contribution in [1.82, 2.24) is 0 Å². The average Bonchev–Trinajstić information content (AvgIpc) is 2.18. The van der Waals surface area contributed by atoms with Gasteiger partial charge >= 0.3 is 0 Å². The van der Waals surface area contributed by atoms with Crippen LogP contribution in [0, 0.1) is 5.92 Å². The Morgan fingerprint density at radius 3 is 2.43 bits per heavy atom. The van der Waals surface area contributed by atoms with Crippen LogP contribution in [0.4, 0.5) is 0 Å². The van der Waals surface area contributed by atoms with Crippen molar-refractivity contribution in [3.8, 4) is 0 Å². The molecular weight excluding hydrogens is 172 g/mol. The number of rotatable bonds is 1. The van der Waals surface area contributed by atoms with Crippen molar-refractivity contribution in [3.63, 3.8) is 0 Å². The van der Waals surface area contributed by atoms with Crippen molar-refractivity contribution in [3.05, 3.63) is 22.8 Å². The fourth-order valence-electron chi connectivity index (χ4n) is 2.56. The summed E-state index contributed by atoms with van der Waals surface area (Å²) in [6, 6.07) is 0. The Kier molecular flexibility index (Phi) is 2.58.